The maximum Gasteiger partial charge on any atom is 0.217 e. The van der Waals surface area contributed by atoms with E-state index >= 15 is 0 Å². The van der Waals surface area contributed by atoms with Crippen molar-refractivity contribution in [3.63, 3.8) is 0 Å². The van der Waals surface area contributed by atoms with Crippen molar-refractivity contribution in [1.82, 2.24) is 0 Å². The quantitative estimate of drug-likeness (QED) is 0.579. The molecule has 1 atom stereocenters. The average molecular weight is 141 g/mol. The molecule has 0 heterocycles. The van der Waals surface area contributed by atoms with Crippen LogP contribution < -0.4 is 5.73 Å². The molecule has 0 unspecified atom stereocenters. The van der Waals surface area contributed by atoms with Crippen molar-refractivity contribution in [3.8, 4) is 0 Å². The first-order valence-corrected chi connectivity index (χ1v) is 3.56. The highest BCUT2D eigenvalue weighted by molar-refractivity contribution is 5.73. The van der Waals surface area contributed by atoms with Gasteiger partial charge in [0.1, 0.15) is 0 Å². The summed E-state index contributed by atoms with van der Waals surface area (Å²) in [4.78, 5) is 10.3. The summed E-state index contributed by atoms with van der Waals surface area (Å²) in [6.07, 6.45) is 4.20. The standard InChI is InChI=1S/C8H15NO/c1-3-4-7(2)5-6-8(9)10/h3,7H,1,4-6H2,2H3,(H2,9,10)/t7-/m1/s1. The molecular weight excluding hydrogens is 126 g/mol. The van der Waals surface area contributed by atoms with Crippen LogP contribution in [0.3, 0.4) is 0 Å². The zero-order chi connectivity index (χ0) is 7.98. The number of rotatable bonds is 5. The molecule has 0 rings (SSSR count). The maximum absolute atomic E-state index is 10.3. The normalized spacial score (nSPS) is 12.5. The first-order valence-electron chi connectivity index (χ1n) is 3.56. The van der Waals surface area contributed by atoms with Crippen LogP contribution in [0.1, 0.15) is 26.2 Å². The zero-order valence-electron chi connectivity index (χ0n) is 6.47. The van der Waals surface area contributed by atoms with Crippen LogP contribution in [-0.4, -0.2) is 5.91 Å². The molecule has 0 spiro atoms. The molecule has 0 saturated heterocycles. The van der Waals surface area contributed by atoms with Gasteiger partial charge in [-0.15, -0.1) is 6.58 Å². The van der Waals surface area contributed by atoms with Crippen LogP contribution in [0.4, 0.5) is 0 Å². The minimum absolute atomic E-state index is 0.212. The Morgan fingerprint density at radius 3 is 2.80 bits per heavy atom. The van der Waals surface area contributed by atoms with Crippen LogP contribution in [-0.2, 0) is 4.79 Å². The van der Waals surface area contributed by atoms with E-state index in [-0.39, 0.29) is 5.91 Å². The number of nitrogens with two attached hydrogens (primary N) is 1. The van der Waals surface area contributed by atoms with E-state index in [0.29, 0.717) is 12.3 Å². The highest BCUT2D eigenvalue weighted by Crippen LogP contribution is 2.09. The molecule has 0 aliphatic heterocycles. The van der Waals surface area contributed by atoms with Crippen molar-refractivity contribution >= 4 is 5.91 Å². The van der Waals surface area contributed by atoms with Crippen LogP contribution in [0, 0.1) is 5.92 Å². The fraction of sp³-hybridized carbons (Fsp3) is 0.625. The first-order chi connectivity index (χ1) is 4.66. The molecule has 0 aliphatic carbocycles. The van der Waals surface area contributed by atoms with Gasteiger partial charge >= 0.3 is 0 Å². The summed E-state index contributed by atoms with van der Waals surface area (Å²) in [5, 5.41) is 0. The Morgan fingerprint density at radius 1 is 1.80 bits per heavy atom. The lowest BCUT2D eigenvalue weighted by Gasteiger charge is -2.04. The molecule has 10 heavy (non-hydrogen) atoms. The Balaban J connectivity index is 3.29. The van der Waals surface area contributed by atoms with E-state index < -0.39 is 0 Å². The van der Waals surface area contributed by atoms with E-state index in [1.54, 1.807) is 0 Å². The molecule has 0 aromatic heterocycles. The van der Waals surface area contributed by atoms with Gasteiger partial charge in [-0.05, 0) is 18.8 Å². The van der Waals surface area contributed by atoms with Crippen LogP contribution in [0.25, 0.3) is 0 Å². The lowest BCUT2D eigenvalue weighted by molar-refractivity contribution is -0.118. The second kappa shape index (κ2) is 5.03. The molecule has 0 radical (unpaired) electrons. The molecule has 2 nitrogen and oxygen atoms in total. The van der Waals surface area contributed by atoms with Gasteiger partial charge in [-0.1, -0.05) is 13.0 Å². The minimum atomic E-state index is -0.212. The van der Waals surface area contributed by atoms with Gasteiger partial charge < -0.3 is 5.73 Å². The van der Waals surface area contributed by atoms with Gasteiger partial charge in [-0.2, -0.15) is 0 Å². The number of primary amides is 1. The molecule has 0 fully saturated rings. The van der Waals surface area contributed by atoms with Crippen LogP contribution in [0.5, 0.6) is 0 Å². The third-order valence-electron chi connectivity index (χ3n) is 1.45. The summed E-state index contributed by atoms with van der Waals surface area (Å²) in [5.41, 5.74) is 4.97. The summed E-state index contributed by atoms with van der Waals surface area (Å²) < 4.78 is 0. The molecule has 2 N–H and O–H groups in total. The van der Waals surface area contributed by atoms with Gasteiger partial charge in [0.25, 0.3) is 0 Å². The van der Waals surface area contributed by atoms with E-state index in [0.717, 1.165) is 12.8 Å². The largest absolute Gasteiger partial charge is 0.370 e. The molecular formula is C8H15NO. The SMILES string of the molecule is C=CC[C@@H](C)CCC(N)=O. The fourth-order valence-corrected chi connectivity index (χ4v) is 0.791. The molecule has 2 heteroatoms. The minimum Gasteiger partial charge on any atom is -0.370 e. The Morgan fingerprint density at radius 2 is 2.40 bits per heavy atom. The molecule has 0 aromatic carbocycles. The molecule has 1 amide bonds. The molecule has 0 aromatic rings. The van der Waals surface area contributed by atoms with Crippen molar-refractivity contribution in [1.29, 1.82) is 0 Å². The van der Waals surface area contributed by atoms with Crippen molar-refractivity contribution in [2.75, 3.05) is 0 Å². The smallest absolute Gasteiger partial charge is 0.217 e. The Bertz CT molecular complexity index is 120. The van der Waals surface area contributed by atoms with E-state index in [2.05, 4.69) is 13.5 Å². The third kappa shape index (κ3) is 5.35. The summed E-state index contributed by atoms with van der Waals surface area (Å²) in [7, 11) is 0. The first kappa shape index (κ1) is 9.21. The highest BCUT2D eigenvalue weighted by Gasteiger charge is 2.00. The topological polar surface area (TPSA) is 43.1 Å². The van der Waals surface area contributed by atoms with Gasteiger partial charge in [0.2, 0.25) is 5.91 Å². The Kier molecular flexibility index (Phi) is 4.63. The van der Waals surface area contributed by atoms with E-state index in [4.69, 9.17) is 5.73 Å². The lowest BCUT2D eigenvalue weighted by Crippen LogP contribution is -2.11. The van der Waals surface area contributed by atoms with Gasteiger partial charge in [0.15, 0.2) is 0 Å². The van der Waals surface area contributed by atoms with E-state index in [9.17, 15) is 4.79 Å². The number of hydrogen-bond donors (Lipinski definition) is 1. The number of hydrogen-bond acceptors (Lipinski definition) is 1. The Hall–Kier alpha value is -0.790. The fourth-order valence-electron chi connectivity index (χ4n) is 0.791. The lowest BCUT2D eigenvalue weighted by atomic mass is 10.0. The third-order valence-corrected chi connectivity index (χ3v) is 1.45. The maximum atomic E-state index is 10.3. The predicted octanol–water partition coefficient (Wildman–Crippen LogP) is 1.46. The average Bonchev–Trinajstić information content (AvgIpc) is 1.85. The molecule has 0 bridgehead atoms. The highest BCUT2D eigenvalue weighted by atomic mass is 16.1. The predicted molar refractivity (Wildman–Crippen MR) is 42.4 cm³/mol. The van der Waals surface area contributed by atoms with Crippen LogP contribution in [0.15, 0.2) is 12.7 Å². The second-order valence-electron chi connectivity index (χ2n) is 2.63. The molecule has 0 saturated carbocycles. The molecule has 58 valence electrons. The summed E-state index contributed by atoms with van der Waals surface area (Å²) in [6.45, 7) is 5.70. The number of allylic oxidation sites excluding steroid dienone is 1. The Labute approximate surface area is 62.1 Å². The van der Waals surface area contributed by atoms with Crippen molar-refractivity contribution < 1.29 is 4.79 Å². The van der Waals surface area contributed by atoms with Crippen LogP contribution in [0.2, 0.25) is 0 Å². The number of amides is 1. The van der Waals surface area contributed by atoms with Gasteiger partial charge in [0, 0.05) is 6.42 Å². The van der Waals surface area contributed by atoms with Gasteiger partial charge in [-0.3, -0.25) is 4.79 Å². The second-order valence-corrected chi connectivity index (χ2v) is 2.63. The summed E-state index contributed by atoms with van der Waals surface area (Å²) in [5.74, 6) is 0.320. The van der Waals surface area contributed by atoms with Crippen molar-refractivity contribution in [2.45, 2.75) is 26.2 Å². The summed E-state index contributed by atoms with van der Waals surface area (Å²) in [6, 6.07) is 0. The van der Waals surface area contributed by atoms with Crippen LogP contribution >= 0.6 is 0 Å². The van der Waals surface area contributed by atoms with Gasteiger partial charge in [0.05, 0.1) is 0 Å². The number of carbonyl (C=O) groups is 1. The van der Waals surface area contributed by atoms with E-state index in [1.807, 2.05) is 6.08 Å². The van der Waals surface area contributed by atoms with E-state index in [1.165, 1.54) is 0 Å². The summed E-state index contributed by atoms with van der Waals surface area (Å²) >= 11 is 0. The van der Waals surface area contributed by atoms with Gasteiger partial charge in [-0.25, -0.2) is 0 Å². The number of carbonyl (C=O) groups excluding carboxylic acids is 1. The van der Waals surface area contributed by atoms with Crippen molar-refractivity contribution in [2.24, 2.45) is 11.7 Å². The van der Waals surface area contributed by atoms with Crippen molar-refractivity contribution in [3.05, 3.63) is 12.7 Å². The zero-order valence-corrected chi connectivity index (χ0v) is 6.47. The molecule has 0 aliphatic rings. The monoisotopic (exact) mass is 141 g/mol.